The van der Waals surface area contributed by atoms with Gasteiger partial charge in [0.1, 0.15) is 16.5 Å². The highest BCUT2D eigenvalue weighted by Crippen LogP contribution is 2.31. The molecule has 110 valence electrons. The second-order valence-electron chi connectivity index (χ2n) is 4.56. The van der Waals surface area contributed by atoms with Crippen LogP contribution < -0.4 is 10.6 Å². The maximum atomic E-state index is 12.8. The van der Waals surface area contributed by atoms with Gasteiger partial charge in [-0.25, -0.2) is 4.98 Å². The molecule has 0 saturated carbocycles. The summed E-state index contributed by atoms with van der Waals surface area (Å²) in [7, 11) is 0. The van der Waals surface area contributed by atoms with E-state index in [0.29, 0.717) is 25.3 Å². The van der Waals surface area contributed by atoms with Gasteiger partial charge < -0.3 is 15.4 Å². The number of halogens is 3. The summed E-state index contributed by atoms with van der Waals surface area (Å²) in [6.07, 6.45) is -4.58. The number of aromatic nitrogens is 1. The van der Waals surface area contributed by atoms with Crippen molar-refractivity contribution in [2.45, 2.75) is 19.2 Å². The summed E-state index contributed by atoms with van der Waals surface area (Å²) in [6.45, 7) is 3.17. The van der Waals surface area contributed by atoms with Gasteiger partial charge in [0.2, 0.25) is 0 Å². The number of alkyl halides is 3. The van der Waals surface area contributed by atoms with Crippen LogP contribution in [-0.2, 0) is 10.9 Å². The monoisotopic (exact) mass is 305 g/mol. The van der Waals surface area contributed by atoms with E-state index in [9.17, 15) is 13.2 Å². The van der Waals surface area contributed by atoms with Crippen LogP contribution in [0, 0.1) is 0 Å². The van der Waals surface area contributed by atoms with Crippen molar-refractivity contribution < 1.29 is 17.9 Å². The van der Waals surface area contributed by atoms with E-state index in [1.807, 2.05) is 6.92 Å². The van der Waals surface area contributed by atoms with Crippen molar-refractivity contribution in [2.75, 3.05) is 24.6 Å². The summed E-state index contributed by atoms with van der Waals surface area (Å²) >= 11 is 4.88. The molecule has 2 rings (SSSR count). The highest BCUT2D eigenvalue weighted by atomic mass is 32.1. The number of rotatable bonds is 2. The minimum atomic E-state index is -4.50. The Morgan fingerprint density at radius 3 is 2.75 bits per heavy atom. The second-order valence-corrected chi connectivity index (χ2v) is 5.00. The molecule has 1 aromatic heterocycles. The number of thiocarbonyl (C=S) groups is 1. The largest absolute Gasteiger partial charge is 0.433 e. The van der Waals surface area contributed by atoms with Gasteiger partial charge in [-0.2, -0.15) is 13.2 Å². The predicted octanol–water partition coefficient (Wildman–Crippen LogP) is 1.96. The summed E-state index contributed by atoms with van der Waals surface area (Å²) in [5.74, 6) is 0.169. The summed E-state index contributed by atoms with van der Waals surface area (Å²) in [6, 6.07) is 2.16. The third-order valence-electron chi connectivity index (χ3n) is 2.97. The molecule has 1 saturated heterocycles. The highest BCUT2D eigenvalue weighted by Gasteiger charge is 2.34. The van der Waals surface area contributed by atoms with E-state index < -0.39 is 11.9 Å². The van der Waals surface area contributed by atoms with Crippen molar-refractivity contribution in [3.05, 3.63) is 23.4 Å². The van der Waals surface area contributed by atoms with Crippen molar-refractivity contribution in [3.8, 4) is 0 Å². The van der Waals surface area contributed by atoms with Crippen molar-refractivity contribution in [1.82, 2.24) is 4.98 Å². The van der Waals surface area contributed by atoms with Gasteiger partial charge in [0, 0.05) is 13.1 Å². The van der Waals surface area contributed by atoms with Crippen LogP contribution in [0.3, 0.4) is 0 Å². The van der Waals surface area contributed by atoms with Crippen molar-refractivity contribution >= 4 is 23.0 Å². The van der Waals surface area contributed by atoms with Gasteiger partial charge in [0.05, 0.1) is 18.3 Å². The zero-order valence-corrected chi connectivity index (χ0v) is 11.6. The van der Waals surface area contributed by atoms with Crippen LogP contribution in [0.15, 0.2) is 12.1 Å². The minimum absolute atomic E-state index is 0.0281. The molecule has 0 aliphatic carbocycles. The van der Waals surface area contributed by atoms with Gasteiger partial charge in [-0.15, -0.1) is 0 Å². The van der Waals surface area contributed by atoms with Crippen molar-refractivity contribution in [1.29, 1.82) is 0 Å². The lowest BCUT2D eigenvalue weighted by Gasteiger charge is -2.33. The molecule has 20 heavy (non-hydrogen) atoms. The number of morpholine rings is 1. The SMILES string of the molecule is CC1CN(c2nc(C(F)(F)F)ccc2C(N)=S)CCO1. The number of anilines is 1. The molecule has 1 fully saturated rings. The topological polar surface area (TPSA) is 51.4 Å². The Morgan fingerprint density at radius 1 is 1.50 bits per heavy atom. The molecule has 1 unspecified atom stereocenters. The van der Waals surface area contributed by atoms with E-state index in [0.717, 1.165) is 6.07 Å². The maximum Gasteiger partial charge on any atom is 0.433 e. The molecule has 1 atom stereocenters. The first-order valence-corrected chi connectivity index (χ1v) is 6.44. The summed E-state index contributed by atoms with van der Waals surface area (Å²) in [4.78, 5) is 5.45. The van der Waals surface area contributed by atoms with E-state index in [4.69, 9.17) is 22.7 Å². The molecule has 0 radical (unpaired) electrons. The van der Waals surface area contributed by atoms with E-state index >= 15 is 0 Å². The molecule has 2 N–H and O–H groups in total. The number of ether oxygens (including phenoxy) is 1. The molecule has 0 spiro atoms. The molecule has 0 bridgehead atoms. The van der Waals surface area contributed by atoms with E-state index in [1.54, 1.807) is 4.90 Å². The molecular weight excluding hydrogens is 291 g/mol. The first-order chi connectivity index (χ1) is 9.29. The van der Waals surface area contributed by atoms with Crippen LogP contribution in [0.25, 0.3) is 0 Å². The van der Waals surface area contributed by atoms with Gasteiger partial charge >= 0.3 is 6.18 Å². The highest BCUT2D eigenvalue weighted by molar-refractivity contribution is 7.80. The van der Waals surface area contributed by atoms with Crippen LogP contribution in [0.1, 0.15) is 18.2 Å². The maximum absolute atomic E-state index is 12.8. The summed E-state index contributed by atoms with van der Waals surface area (Å²) < 4.78 is 43.7. The Kier molecular flexibility index (Phi) is 4.14. The fraction of sp³-hybridized carbons (Fsp3) is 0.500. The van der Waals surface area contributed by atoms with Crippen LogP contribution in [0.5, 0.6) is 0 Å². The molecule has 1 aliphatic heterocycles. The lowest BCUT2D eigenvalue weighted by molar-refractivity contribution is -0.141. The molecular formula is C12H14F3N3OS. The lowest BCUT2D eigenvalue weighted by atomic mass is 10.2. The van der Waals surface area contributed by atoms with Gasteiger partial charge in [-0.3, -0.25) is 0 Å². The number of hydrogen-bond donors (Lipinski definition) is 1. The van der Waals surface area contributed by atoms with Crippen molar-refractivity contribution in [3.63, 3.8) is 0 Å². The lowest BCUT2D eigenvalue weighted by Crippen LogP contribution is -2.42. The van der Waals surface area contributed by atoms with E-state index in [-0.39, 0.29) is 16.9 Å². The van der Waals surface area contributed by atoms with Crippen LogP contribution in [0.4, 0.5) is 19.0 Å². The first-order valence-electron chi connectivity index (χ1n) is 6.03. The second kappa shape index (κ2) is 5.53. The Labute approximate surface area is 119 Å². The number of pyridine rings is 1. The third-order valence-corrected chi connectivity index (χ3v) is 3.19. The Bertz CT molecular complexity index is 521. The molecule has 1 aliphatic rings. The standard InChI is InChI=1S/C12H14F3N3OS/c1-7-6-18(4-5-19-7)11-8(10(16)20)2-3-9(17-11)12(13,14)15/h2-3,7H,4-6H2,1H3,(H2,16,20). The van der Waals surface area contributed by atoms with E-state index in [2.05, 4.69) is 4.98 Å². The molecule has 0 aromatic carbocycles. The van der Waals surface area contributed by atoms with Crippen LogP contribution in [0.2, 0.25) is 0 Å². The van der Waals surface area contributed by atoms with Gasteiger partial charge in [0.15, 0.2) is 0 Å². The van der Waals surface area contributed by atoms with Gasteiger partial charge in [-0.1, -0.05) is 12.2 Å². The average Bonchev–Trinajstić information content (AvgIpc) is 2.37. The summed E-state index contributed by atoms with van der Waals surface area (Å²) in [5.41, 5.74) is 4.96. The number of nitrogens with zero attached hydrogens (tertiary/aromatic N) is 2. The van der Waals surface area contributed by atoms with Crippen LogP contribution >= 0.6 is 12.2 Å². The van der Waals surface area contributed by atoms with Crippen molar-refractivity contribution in [2.24, 2.45) is 5.73 Å². The zero-order chi connectivity index (χ0) is 14.9. The van der Waals surface area contributed by atoms with Crippen LogP contribution in [-0.4, -0.2) is 35.8 Å². The predicted molar refractivity (Wildman–Crippen MR) is 72.8 cm³/mol. The third kappa shape index (κ3) is 3.18. The van der Waals surface area contributed by atoms with E-state index in [1.165, 1.54) is 6.07 Å². The molecule has 2 heterocycles. The Morgan fingerprint density at radius 2 is 2.20 bits per heavy atom. The van der Waals surface area contributed by atoms with Gasteiger partial charge in [-0.05, 0) is 19.1 Å². The first kappa shape index (κ1) is 15.0. The fourth-order valence-corrected chi connectivity index (χ4v) is 2.21. The average molecular weight is 305 g/mol. The normalized spacial score (nSPS) is 20.0. The smallest absolute Gasteiger partial charge is 0.389 e. The molecule has 8 heteroatoms. The molecule has 0 amide bonds. The number of hydrogen-bond acceptors (Lipinski definition) is 4. The molecule has 4 nitrogen and oxygen atoms in total. The fourth-order valence-electron chi connectivity index (χ4n) is 2.05. The molecule has 1 aromatic rings. The Hall–Kier alpha value is -1.41. The van der Waals surface area contributed by atoms with Gasteiger partial charge in [0.25, 0.3) is 0 Å². The summed E-state index contributed by atoms with van der Waals surface area (Å²) in [5, 5.41) is 0. The quantitative estimate of drug-likeness (QED) is 0.847. The Balaban J connectivity index is 2.44. The number of nitrogens with two attached hydrogens (primary N) is 1. The zero-order valence-electron chi connectivity index (χ0n) is 10.8. The minimum Gasteiger partial charge on any atom is -0.389 e.